The van der Waals surface area contributed by atoms with Crippen molar-refractivity contribution in [3.63, 3.8) is 0 Å². The Morgan fingerprint density at radius 3 is 2.42 bits per heavy atom. The van der Waals surface area contributed by atoms with Crippen LogP contribution in [0.5, 0.6) is 0 Å². The second-order valence-electron chi connectivity index (χ2n) is 7.97. The van der Waals surface area contributed by atoms with Crippen molar-refractivity contribution in [1.29, 1.82) is 0 Å². The molecule has 0 bridgehead atoms. The standard InChI is InChI=1S/C23H26N6O2/c1-16-7-9-19(10-8-16)25-22-20(29(30)31)21(24)26-23(27-22)28-13-11-18(12-14-28)15-17-5-3-2-4-6-17/h2-10,18H,11-15H2,1H3,(H3,24,25,26,27). The van der Waals surface area contributed by atoms with Gasteiger partial charge in [0.05, 0.1) is 4.92 Å². The Kier molecular flexibility index (Phi) is 5.97. The number of nitrogens with zero attached hydrogens (tertiary/aromatic N) is 4. The zero-order valence-electron chi connectivity index (χ0n) is 17.5. The van der Waals surface area contributed by atoms with Gasteiger partial charge >= 0.3 is 5.69 Å². The van der Waals surface area contributed by atoms with E-state index in [-0.39, 0.29) is 17.3 Å². The van der Waals surface area contributed by atoms with E-state index in [1.54, 1.807) is 0 Å². The van der Waals surface area contributed by atoms with Crippen LogP contribution in [0, 0.1) is 23.0 Å². The van der Waals surface area contributed by atoms with Gasteiger partial charge in [0.2, 0.25) is 17.6 Å². The van der Waals surface area contributed by atoms with Crippen molar-refractivity contribution in [2.24, 2.45) is 5.92 Å². The minimum Gasteiger partial charge on any atom is -0.378 e. The van der Waals surface area contributed by atoms with E-state index in [1.165, 1.54) is 5.56 Å². The van der Waals surface area contributed by atoms with Gasteiger partial charge in [-0.1, -0.05) is 48.0 Å². The predicted octanol–water partition coefficient (Wildman–Crippen LogP) is 4.48. The maximum absolute atomic E-state index is 11.6. The number of aryl methyl sites for hydroxylation is 1. The van der Waals surface area contributed by atoms with Gasteiger partial charge in [0, 0.05) is 18.8 Å². The van der Waals surface area contributed by atoms with Crippen molar-refractivity contribution in [3.8, 4) is 0 Å². The van der Waals surface area contributed by atoms with E-state index in [1.807, 2.05) is 37.3 Å². The molecule has 0 aliphatic carbocycles. The Morgan fingerprint density at radius 1 is 1.10 bits per heavy atom. The molecule has 2 aromatic carbocycles. The molecule has 31 heavy (non-hydrogen) atoms. The summed E-state index contributed by atoms with van der Waals surface area (Å²) in [7, 11) is 0. The van der Waals surface area contributed by atoms with Crippen LogP contribution in [-0.4, -0.2) is 28.0 Å². The molecule has 1 aromatic heterocycles. The Labute approximate surface area is 181 Å². The number of nitrogens with two attached hydrogens (primary N) is 1. The number of aromatic nitrogens is 2. The van der Waals surface area contributed by atoms with Crippen molar-refractivity contribution in [2.45, 2.75) is 26.2 Å². The number of benzene rings is 2. The highest BCUT2D eigenvalue weighted by atomic mass is 16.6. The third kappa shape index (κ3) is 4.91. The molecule has 1 aliphatic rings. The molecule has 3 N–H and O–H groups in total. The van der Waals surface area contributed by atoms with Gasteiger partial charge in [0.1, 0.15) is 0 Å². The highest BCUT2D eigenvalue weighted by Crippen LogP contribution is 2.33. The topological polar surface area (TPSA) is 110 Å². The molecule has 1 saturated heterocycles. The number of anilines is 4. The highest BCUT2D eigenvalue weighted by molar-refractivity contribution is 5.74. The average Bonchev–Trinajstić information content (AvgIpc) is 2.76. The molecule has 0 unspecified atom stereocenters. The Morgan fingerprint density at radius 2 is 1.77 bits per heavy atom. The van der Waals surface area contributed by atoms with Gasteiger partial charge in [-0.2, -0.15) is 9.97 Å². The van der Waals surface area contributed by atoms with Gasteiger partial charge in [-0.15, -0.1) is 0 Å². The zero-order chi connectivity index (χ0) is 21.8. The summed E-state index contributed by atoms with van der Waals surface area (Å²) in [5.41, 5.74) is 8.83. The molecule has 0 radical (unpaired) electrons. The molecule has 4 rings (SSSR count). The summed E-state index contributed by atoms with van der Waals surface area (Å²) < 4.78 is 0. The Bertz CT molecular complexity index is 1050. The maximum Gasteiger partial charge on any atom is 0.353 e. The summed E-state index contributed by atoms with van der Waals surface area (Å²) >= 11 is 0. The SMILES string of the molecule is Cc1ccc(Nc2nc(N3CCC(Cc4ccccc4)CC3)nc(N)c2[N+](=O)[O-])cc1. The van der Waals surface area contributed by atoms with Gasteiger partial charge in [0.15, 0.2) is 0 Å². The molecule has 3 aromatic rings. The second-order valence-corrected chi connectivity index (χ2v) is 7.97. The fraction of sp³-hybridized carbons (Fsp3) is 0.304. The summed E-state index contributed by atoms with van der Waals surface area (Å²) in [5.74, 6) is 1.01. The zero-order valence-corrected chi connectivity index (χ0v) is 17.5. The van der Waals surface area contributed by atoms with Crippen LogP contribution in [0.1, 0.15) is 24.0 Å². The van der Waals surface area contributed by atoms with Crippen molar-refractivity contribution in [3.05, 3.63) is 75.8 Å². The van der Waals surface area contributed by atoms with Crippen LogP contribution >= 0.6 is 0 Å². The summed E-state index contributed by atoms with van der Waals surface area (Å²) in [4.78, 5) is 21.8. The monoisotopic (exact) mass is 418 g/mol. The lowest BCUT2D eigenvalue weighted by atomic mass is 9.90. The number of piperidine rings is 1. The number of rotatable bonds is 6. The molecule has 0 saturated carbocycles. The van der Waals surface area contributed by atoms with E-state index >= 15 is 0 Å². The number of hydrogen-bond acceptors (Lipinski definition) is 7. The summed E-state index contributed by atoms with van der Waals surface area (Å²) in [6.45, 7) is 3.56. The number of nitrogen functional groups attached to an aromatic ring is 1. The quantitative estimate of drug-likeness (QED) is 0.448. The molecule has 0 atom stereocenters. The van der Waals surface area contributed by atoms with E-state index in [0.29, 0.717) is 17.6 Å². The first-order valence-electron chi connectivity index (χ1n) is 10.4. The van der Waals surface area contributed by atoms with Crippen molar-refractivity contribution < 1.29 is 4.92 Å². The van der Waals surface area contributed by atoms with Crippen LogP contribution in [0.2, 0.25) is 0 Å². The van der Waals surface area contributed by atoms with Gasteiger partial charge in [-0.05, 0) is 49.8 Å². The van der Waals surface area contributed by atoms with E-state index in [2.05, 4.69) is 44.5 Å². The smallest absolute Gasteiger partial charge is 0.353 e. The molecule has 2 heterocycles. The van der Waals surface area contributed by atoms with Crippen LogP contribution < -0.4 is 16.0 Å². The normalized spacial score (nSPS) is 14.4. The van der Waals surface area contributed by atoms with E-state index < -0.39 is 4.92 Å². The van der Waals surface area contributed by atoms with Crippen LogP contribution in [-0.2, 0) is 6.42 Å². The molecule has 0 spiro atoms. The second kappa shape index (κ2) is 8.99. The molecular weight excluding hydrogens is 392 g/mol. The van der Waals surface area contributed by atoms with Crippen LogP contribution in [0.15, 0.2) is 54.6 Å². The molecule has 8 nitrogen and oxygen atoms in total. The van der Waals surface area contributed by atoms with E-state index in [9.17, 15) is 10.1 Å². The molecule has 8 heteroatoms. The highest BCUT2D eigenvalue weighted by Gasteiger charge is 2.27. The van der Waals surface area contributed by atoms with Crippen molar-refractivity contribution in [2.75, 3.05) is 29.0 Å². The fourth-order valence-electron chi connectivity index (χ4n) is 3.93. The number of nitro groups is 1. The van der Waals surface area contributed by atoms with Crippen molar-refractivity contribution in [1.82, 2.24) is 9.97 Å². The number of hydrogen-bond donors (Lipinski definition) is 2. The summed E-state index contributed by atoms with van der Waals surface area (Å²) in [6, 6.07) is 18.1. The van der Waals surface area contributed by atoms with Gasteiger partial charge < -0.3 is 16.0 Å². The van der Waals surface area contributed by atoms with Gasteiger partial charge in [-0.25, -0.2) is 0 Å². The first-order valence-corrected chi connectivity index (χ1v) is 10.4. The lowest BCUT2D eigenvalue weighted by Gasteiger charge is -2.32. The first-order chi connectivity index (χ1) is 15.0. The number of nitrogens with one attached hydrogen (secondary N) is 1. The fourth-order valence-corrected chi connectivity index (χ4v) is 3.93. The molecule has 160 valence electrons. The molecule has 0 amide bonds. The predicted molar refractivity (Wildman–Crippen MR) is 123 cm³/mol. The minimum atomic E-state index is -0.540. The summed E-state index contributed by atoms with van der Waals surface area (Å²) in [5, 5.41) is 14.6. The van der Waals surface area contributed by atoms with E-state index in [4.69, 9.17) is 5.73 Å². The van der Waals surface area contributed by atoms with Gasteiger partial charge in [0.25, 0.3) is 0 Å². The largest absolute Gasteiger partial charge is 0.378 e. The third-order valence-corrected chi connectivity index (χ3v) is 5.66. The Balaban J connectivity index is 1.51. The van der Waals surface area contributed by atoms with Gasteiger partial charge in [-0.3, -0.25) is 10.1 Å². The first kappa shape index (κ1) is 20.6. The third-order valence-electron chi connectivity index (χ3n) is 5.66. The lowest BCUT2D eigenvalue weighted by Crippen LogP contribution is -2.35. The van der Waals surface area contributed by atoms with Crippen LogP contribution in [0.25, 0.3) is 0 Å². The minimum absolute atomic E-state index is 0.114. The van der Waals surface area contributed by atoms with Crippen molar-refractivity contribution >= 4 is 29.0 Å². The molecular formula is C23H26N6O2. The Hall–Kier alpha value is -3.68. The lowest BCUT2D eigenvalue weighted by molar-refractivity contribution is -0.383. The van der Waals surface area contributed by atoms with Crippen LogP contribution in [0.3, 0.4) is 0 Å². The molecule has 1 aliphatic heterocycles. The summed E-state index contributed by atoms with van der Waals surface area (Å²) in [6.07, 6.45) is 3.07. The van der Waals surface area contributed by atoms with E-state index in [0.717, 1.165) is 37.9 Å². The maximum atomic E-state index is 11.6. The average molecular weight is 419 g/mol. The molecule has 1 fully saturated rings. The van der Waals surface area contributed by atoms with Crippen LogP contribution in [0.4, 0.5) is 29.0 Å².